The first kappa shape index (κ1) is 15.6. The first-order chi connectivity index (χ1) is 8.08. The maximum Gasteiger partial charge on any atom is 0.221 e. The average Bonchev–Trinajstić information content (AvgIpc) is 2.33. The molecule has 1 aromatic rings. The number of carbonyl (C=O) groups is 2. The van der Waals surface area contributed by atoms with Gasteiger partial charge in [-0.1, -0.05) is 13.8 Å². The molecule has 0 saturated heterocycles. The molecule has 1 amide bonds. The van der Waals surface area contributed by atoms with Crippen molar-refractivity contribution < 1.29 is 14.3 Å². The molecule has 0 aliphatic rings. The quantitative estimate of drug-likeness (QED) is 0.872. The van der Waals surface area contributed by atoms with E-state index < -0.39 is 0 Å². The van der Waals surface area contributed by atoms with Crippen LogP contribution in [0, 0.1) is 0 Å². The molecule has 1 aromatic carbocycles. The molecule has 0 saturated carbocycles. The lowest BCUT2D eigenvalue weighted by atomic mass is 10.2. The fourth-order valence-corrected chi connectivity index (χ4v) is 1.58. The second kappa shape index (κ2) is 7.84. The number of methoxy groups -OCH3 is 1. The van der Waals surface area contributed by atoms with Gasteiger partial charge in [0.25, 0.3) is 0 Å². The number of carbonyl (C=O) groups excluding carboxylic acids is 2. The summed E-state index contributed by atoms with van der Waals surface area (Å²) in [6, 6.07) is 3.19. The van der Waals surface area contributed by atoms with Gasteiger partial charge in [-0.05, 0) is 22.0 Å². The number of amides is 1. The van der Waals surface area contributed by atoms with Crippen LogP contribution in [0.2, 0.25) is 0 Å². The molecule has 0 aliphatic carbocycles. The van der Waals surface area contributed by atoms with Crippen molar-refractivity contribution in [3.05, 3.63) is 22.2 Å². The summed E-state index contributed by atoms with van der Waals surface area (Å²) in [6.07, 6.45) is 0.696. The molecule has 4 nitrogen and oxygen atoms in total. The van der Waals surface area contributed by atoms with E-state index in [-0.39, 0.29) is 5.91 Å². The van der Waals surface area contributed by atoms with Crippen molar-refractivity contribution in [2.24, 2.45) is 0 Å². The highest BCUT2D eigenvalue weighted by Gasteiger charge is 2.09. The van der Waals surface area contributed by atoms with Crippen LogP contribution in [-0.4, -0.2) is 19.3 Å². The molecule has 0 unspecified atom stereocenters. The molecule has 0 fully saturated rings. The number of hydrogen-bond acceptors (Lipinski definition) is 3. The molecule has 5 heteroatoms. The van der Waals surface area contributed by atoms with Gasteiger partial charge in [-0.25, -0.2) is 0 Å². The van der Waals surface area contributed by atoms with E-state index in [0.717, 1.165) is 0 Å². The second-order valence-electron chi connectivity index (χ2n) is 2.87. The predicted octanol–water partition coefficient (Wildman–Crippen LogP) is 3.25. The molecule has 0 radical (unpaired) electrons. The minimum Gasteiger partial charge on any atom is -0.496 e. The van der Waals surface area contributed by atoms with Crippen LogP contribution in [0.5, 0.6) is 5.75 Å². The Morgan fingerprint density at radius 1 is 1.41 bits per heavy atom. The number of benzene rings is 1. The monoisotopic (exact) mass is 301 g/mol. The summed E-state index contributed by atoms with van der Waals surface area (Å²) in [4.78, 5) is 21.6. The third-order valence-electron chi connectivity index (χ3n) is 1.76. The highest BCUT2D eigenvalue weighted by Crippen LogP contribution is 2.30. The molecule has 94 valence electrons. The highest BCUT2D eigenvalue weighted by atomic mass is 79.9. The lowest BCUT2D eigenvalue weighted by Crippen LogP contribution is -2.07. The lowest BCUT2D eigenvalue weighted by Gasteiger charge is -2.09. The predicted molar refractivity (Wildman–Crippen MR) is 71.7 cm³/mol. The standard InChI is InChI=1S/C10H10BrNO3.C2H6/c1-6(14)12-9-4-10(15-2)7(5-13)3-8(9)11;1-2/h3-5H,1-2H3,(H,12,14);1-2H3. The molecule has 0 aromatic heterocycles. The Balaban J connectivity index is 0.00000121. The first-order valence-corrected chi connectivity index (χ1v) is 5.98. The Labute approximate surface area is 109 Å². The summed E-state index contributed by atoms with van der Waals surface area (Å²) in [7, 11) is 1.47. The highest BCUT2D eigenvalue weighted by molar-refractivity contribution is 9.10. The van der Waals surface area contributed by atoms with Gasteiger partial charge in [0.1, 0.15) is 5.75 Å². The second-order valence-corrected chi connectivity index (χ2v) is 3.73. The smallest absolute Gasteiger partial charge is 0.221 e. The number of nitrogens with one attached hydrogen (secondary N) is 1. The average molecular weight is 302 g/mol. The third kappa shape index (κ3) is 4.56. The van der Waals surface area contributed by atoms with Gasteiger partial charge in [-0.15, -0.1) is 0 Å². The van der Waals surface area contributed by atoms with E-state index >= 15 is 0 Å². The number of hydrogen-bond donors (Lipinski definition) is 1. The van der Waals surface area contributed by atoms with E-state index in [1.54, 1.807) is 12.1 Å². The van der Waals surface area contributed by atoms with E-state index in [0.29, 0.717) is 27.8 Å². The number of anilines is 1. The maximum atomic E-state index is 10.9. The van der Waals surface area contributed by atoms with Crippen LogP contribution < -0.4 is 10.1 Å². The van der Waals surface area contributed by atoms with Crippen LogP contribution in [0.1, 0.15) is 31.1 Å². The maximum absolute atomic E-state index is 10.9. The van der Waals surface area contributed by atoms with Gasteiger partial charge in [0.2, 0.25) is 5.91 Å². The van der Waals surface area contributed by atoms with Crippen LogP contribution >= 0.6 is 15.9 Å². The van der Waals surface area contributed by atoms with Gasteiger partial charge in [-0.2, -0.15) is 0 Å². The van der Waals surface area contributed by atoms with Gasteiger partial charge in [0.05, 0.1) is 18.4 Å². The van der Waals surface area contributed by atoms with Crippen LogP contribution in [0.4, 0.5) is 5.69 Å². The Hall–Kier alpha value is -1.36. The molecule has 0 atom stereocenters. The molecular weight excluding hydrogens is 286 g/mol. The van der Waals surface area contributed by atoms with Crippen LogP contribution in [0.15, 0.2) is 16.6 Å². The van der Waals surface area contributed by atoms with E-state index in [9.17, 15) is 9.59 Å². The van der Waals surface area contributed by atoms with Crippen molar-refractivity contribution >= 4 is 33.8 Å². The molecule has 1 N–H and O–H groups in total. The normalized spacial score (nSPS) is 8.76. The first-order valence-electron chi connectivity index (χ1n) is 5.18. The van der Waals surface area contributed by atoms with Crippen LogP contribution in [0.3, 0.4) is 0 Å². The van der Waals surface area contributed by atoms with Crippen LogP contribution in [0.25, 0.3) is 0 Å². The summed E-state index contributed by atoms with van der Waals surface area (Å²) in [5.41, 5.74) is 1.00. The summed E-state index contributed by atoms with van der Waals surface area (Å²) >= 11 is 3.25. The molecule has 0 heterocycles. The Bertz CT molecular complexity index is 405. The molecule has 0 bridgehead atoms. The van der Waals surface area contributed by atoms with E-state index in [1.165, 1.54) is 14.0 Å². The van der Waals surface area contributed by atoms with Gasteiger partial charge in [-0.3, -0.25) is 9.59 Å². The minimum atomic E-state index is -0.184. The van der Waals surface area contributed by atoms with Gasteiger partial charge < -0.3 is 10.1 Å². The summed E-state index contributed by atoms with van der Waals surface area (Å²) < 4.78 is 5.65. The summed E-state index contributed by atoms with van der Waals surface area (Å²) in [5.74, 6) is 0.244. The van der Waals surface area contributed by atoms with E-state index in [1.807, 2.05) is 13.8 Å². The van der Waals surface area contributed by atoms with Gasteiger partial charge in [0, 0.05) is 17.5 Å². The summed E-state index contributed by atoms with van der Waals surface area (Å²) in [5, 5.41) is 2.62. The molecule has 0 aliphatic heterocycles. The Morgan fingerprint density at radius 3 is 2.41 bits per heavy atom. The Kier molecular flexibility index (Phi) is 7.21. The van der Waals surface area contributed by atoms with Crippen molar-refractivity contribution in [2.45, 2.75) is 20.8 Å². The van der Waals surface area contributed by atoms with Crippen molar-refractivity contribution in [3.8, 4) is 5.75 Å². The topological polar surface area (TPSA) is 55.4 Å². The molecular formula is C12H16BrNO3. The van der Waals surface area contributed by atoms with Crippen molar-refractivity contribution in [1.29, 1.82) is 0 Å². The van der Waals surface area contributed by atoms with E-state index in [4.69, 9.17) is 4.74 Å². The fraction of sp³-hybridized carbons (Fsp3) is 0.333. The van der Waals surface area contributed by atoms with Crippen LogP contribution in [-0.2, 0) is 4.79 Å². The minimum absolute atomic E-state index is 0.184. The van der Waals surface area contributed by atoms with Gasteiger partial charge >= 0.3 is 0 Å². The van der Waals surface area contributed by atoms with E-state index in [2.05, 4.69) is 21.2 Å². The summed E-state index contributed by atoms with van der Waals surface area (Å²) in [6.45, 7) is 5.41. The Morgan fingerprint density at radius 2 is 2.00 bits per heavy atom. The van der Waals surface area contributed by atoms with Gasteiger partial charge in [0.15, 0.2) is 6.29 Å². The number of aldehydes is 1. The zero-order valence-corrected chi connectivity index (χ0v) is 11.9. The molecule has 17 heavy (non-hydrogen) atoms. The lowest BCUT2D eigenvalue weighted by molar-refractivity contribution is -0.114. The number of rotatable bonds is 3. The zero-order valence-electron chi connectivity index (χ0n) is 10.3. The fourth-order valence-electron chi connectivity index (χ4n) is 1.12. The van der Waals surface area contributed by atoms with Crippen molar-refractivity contribution in [1.82, 2.24) is 0 Å². The number of ether oxygens (including phenoxy) is 1. The largest absolute Gasteiger partial charge is 0.496 e. The third-order valence-corrected chi connectivity index (χ3v) is 2.41. The number of halogens is 1. The van der Waals surface area contributed by atoms with Crippen molar-refractivity contribution in [2.75, 3.05) is 12.4 Å². The van der Waals surface area contributed by atoms with Crippen molar-refractivity contribution in [3.63, 3.8) is 0 Å². The molecule has 1 rings (SSSR count). The zero-order chi connectivity index (χ0) is 13.4. The molecule has 0 spiro atoms. The SMILES string of the molecule is CC.COc1cc(NC(C)=O)c(Br)cc1C=O.